The molecular weight excluding hydrogens is 316 g/mol. The van der Waals surface area contributed by atoms with Crippen LogP contribution in [0.2, 0.25) is 0 Å². The highest BCUT2D eigenvalue weighted by molar-refractivity contribution is 7.89. The standard InChI is InChI=1S/C12H18N4O3S.ClH/c1-3-12(13,4-2)8-14-20(17,18)10-7-5-6-9-11(10)16-19-15-9;/h5-7,14H,3-4,8,13H2,1-2H3;1H. The van der Waals surface area contributed by atoms with Crippen molar-refractivity contribution in [3.8, 4) is 0 Å². The number of nitrogens with two attached hydrogens (primary N) is 1. The zero-order chi connectivity index (χ0) is 14.8. The third kappa shape index (κ3) is 3.70. The van der Waals surface area contributed by atoms with Crippen molar-refractivity contribution in [1.29, 1.82) is 0 Å². The molecule has 0 saturated heterocycles. The Hall–Kier alpha value is -1.22. The Morgan fingerprint density at radius 3 is 2.57 bits per heavy atom. The fourth-order valence-corrected chi connectivity index (χ4v) is 3.10. The predicted octanol–water partition coefficient (Wildman–Crippen LogP) is 1.44. The number of nitrogens with one attached hydrogen (secondary N) is 1. The van der Waals surface area contributed by atoms with Crippen LogP contribution in [0.25, 0.3) is 11.0 Å². The lowest BCUT2D eigenvalue weighted by Crippen LogP contribution is -2.49. The molecule has 0 aliphatic heterocycles. The van der Waals surface area contributed by atoms with E-state index in [1.165, 1.54) is 6.07 Å². The number of benzene rings is 1. The summed E-state index contributed by atoms with van der Waals surface area (Å²) in [5.41, 5.74) is 6.17. The maximum absolute atomic E-state index is 12.3. The Morgan fingerprint density at radius 1 is 1.29 bits per heavy atom. The Morgan fingerprint density at radius 2 is 1.95 bits per heavy atom. The first-order valence-electron chi connectivity index (χ1n) is 6.42. The maximum Gasteiger partial charge on any atom is 0.242 e. The molecule has 3 N–H and O–H groups in total. The van der Waals surface area contributed by atoms with Crippen molar-refractivity contribution in [1.82, 2.24) is 15.0 Å². The van der Waals surface area contributed by atoms with E-state index < -0.39 is 15.6 Å². The second-order valence-corrected chi connectivity index (χ2v) is 6.52. The molecule has 7 nitrogen and oxygen atoms in total. The Labute approximate surface area is 129 Å². The van der Waals surface area contributed by atoms with Gasteiger partial charge in [-0.3, -0.25) is 0 Å². The molecule has 2 aromatic rings. The molecule has 0 radical (unpaired) electrons. The number of aromatic nitrogens is 2. The molecule has 0 unspecified atom stereocenters. The van der Waals surface area contributed by atoms with E-state index in [0.29, 0.717) is 18.4 Å². The smallest absolute Gasteiger partial charge is 0.242 e. The normalized spacial score (nSPS) is 12.3. The fourth-order valence-electron chi connectivity index (χ4n) is 1.81. The van der Waals surface area contributed by atoms with Gasteiger partial charge < -0.3 is 5.73 Å². The average molecular weight is 335 g/mol. The van der Waals surface area contributed by atoms with Crippen LogP contribution in [0.5, 0.6) is 0 Å². The van der Waals surface area contributed by atoms with Crippen molar-refractivity contribution in [3.05, 3.63) is 18.2 Å². The number of fused-ring (bicyclic) bond motifs is 1. The molecule has 0 aliphatic rings. The molecule has 1 aromatic heterocycles. The summed E-state index contributed by atoms with van der Waals surface area (Å²) >= 11 is 0. The molecule has 0 fully saturated rings. The molecule has 0 aliphatic carbocycles. The van der Waals surface area contributed by atoms with E-state index in [9.17, 15) is 8.42 Å². The van der Waals surface area contributed by atoms with Crippen molar-refractivity contribution in [2.24, 2.45) is 5.73 Å². The zero-order valence-corrected chi connectivity index (χ0v) is 13.5. The van der Waals surface area contributed by atoms with Gasteiger partial charge in [-0.15, -0.1) is 12.4 Å². The van der Waals surface area contributed by atoms with Gasteiger partial charge in [0.05, 0.1) is 0 Å². The van der Waals surface area contributed by atoms with Crippen molar-refractivity contribution in [3.63, 3.8) is 0 Å². The van der Waals surface area contributed by atoms with Crippen LogP contribution in [0.3, 0.4) is 0 Å². The predicted molar refractivity (Wildman–Crippen MR) is 81.7 cm³/mol. The van der Waals surface area contributed by atoms with Crippen molar-refractivity contribution in [2.75, 3.05) is 6.54 Å². The summed E-state index contributed by atoms with van der Waals surface area (Å²) in [6.45, 7) is 4.03. The van der Waals surface area contributed by atoms with Crippen LogP contribution in [-0.2, 0) is 10.0 Å². The SMILES string of the molecule is CCC(N)(CC)CNS(=O)(=O)c1cccc2nonc12.Cl. The molecule has 2 rings (SSSR count). The van der Waals surface area contributed by atoms with Crippen molar-refractivity contribution >= 4 is 33.5 Å². The molecular formula is C12H19ClN4O3S. The Balaban J connectivity index is 0.00000220. The van der Waals surface area contributed by atoms with E-state index in [-0.39, 0.29) is 29.4 Å². The van der Waals surface area contributed by atoms with Crippen LogP contribution >= 0.6 is 12.4 Å². The average Bonchev–Trinajstić information content (AvgIpc) is 2.93. The number of halogens is 1. The monoisotopic (exact) mass is 334 g/mol. The summed E-state index contributed by atoms with van der Waals surface area (Å²) in [6.07, 6.45) is 1.36. The highest BCUT2D eigenvalue weighted by atomic mass is 35.5. The zero-order valence-electron chi connectivity index (χ0n) is 11.9. The van der Waals surface area contributed by atoms with Gasteiger partial charge in [0.1, 0.15) is 10.4 Å². The Kier molecular flexibility index (Phi) is 5.68. The first-order chi connectivity index (χ1) is 9.42. The van der Waals surface area contributed by atoms with Crippen LogP contribution in [0.4, 0.5) is 0 Å². The molecule has 0 spiro atoms. The molecule has 1 aromatic carbocycles. The summed E-state index contributed by atoms with van der Waals surface area (Å²) in [4.78, 5) is 0.0470. The van der Waals surface area contributed by atoms with Gasteiger partial charge in [-0.2, -0.15) is 0 Å². The second kappa shape index (κ2) is 6.69. The fraction of sp³-hybridized carbons (Fsp3) is 0.500. The molecule has 0 amide bonds. The molecule has 21 heavy (non-hydrogen) atoms. The van der Waals surface area contributed by atoms with Crippen molar-refractivity contribution < 1.29 is 13.0 Å². The summed E-state index contributed by atoms with van der Waals surface area (Å²) in [5.74, 6) is 0. The van der Waals surface area contributed by atoms with Gasteiger partial charge in [-0.1, -0.05) is 19.9 Å². The van der Waals surface area contributed by atoms with E-state index in [1.807, 2.05) is 13.8 Å². The van der Waals surface area contributed by atoms with E-state index in [1.54, 1.807) is 12.1 Å². The summed E-state index contributed by atoms with van der Waals surface area (Å²) in [5, 5.41) is 7.26. The molecule has 0 saturated carbocycles. The van der Waals surface area contributed by atoms with Gasteiger partial charge in [0, 0.05) is 12.1 Å². The lowest BCUT2D eigenvalue weighted by molar-refractivity contribution is 0.315. The number of nitrogens with zero attached hydrogens (tertiary/aromatic N) is 2. The minimum Gasteiger partial charge on any atom is -0.324 e. The van der Waals surface area contributed by atoms with Gasteiger partial charge in [-0.25, -0.2) is 17.8 Å². The molecule has 0 atom stereocenters. The van der Waals surface area contributed by atoms with E-state index >= 15 is 0 Å². The highest BCUT2D eigenvalue weighted by Crippen LogP contribution is 2.20. The van der Waals surface area contributed by atoms with Crippen LogP contribution < -0.4 is 10.5 Å². The summed E-state index contributed by atoms with van der Waals surface area (Å²) in [7, 11) is -3.70. The van der Waals surface area contributed by atoms with Gasteiger partial charge in [0.2, 0.25) is 10.0 Å². The third-order valence-corrected chi connectivity index (χ3v) is 4.99. The lowest BCUT2D eigenvalue weighted by Gasteiger charge is -2.26. The van der Waals surface area contributed by atoms with Gasteiger partial charge in [0.25, 0.3) is 0 Å². The van der Waals surface area contributed by atoms with Gasteiger partial charge >= 0.3 is 0 Å². The Bertz CT molecular complexity index is 697. The van der Waals surface area contributed by atoms with Gasteiger partial charge in [-0.05, 0) is 35.3 Å². The second-order valence-electron chi connectivity index (χ2n) is 4.78. The lowest BCUT2D eigenvalue weighted by atomic mass is 9.95. The molecule has 0 bridgehead atoms. The number of sulfonamides is 1. The molecule has 118 valence electrons. The molecule has 1 heterocycles. The van der Waals surface area contributed by atoms with Crippen molar-refractivity contribution in [2.45, 2.75) is 37.1 Å². The number of hydrogen-bond acceptors (Lipinski definition) is 6. The van der Waals surface area contributed by atoms with Crippen LogP contribution in [-0.4, -0.2) is 30.8 Å². The first-order valence-corrected chi connectivity index (χ1v) is 7.90. The van der Waals surface area contributed by atoms with Crippen LogP contribution in [0.15, 0.2) is 27.7 Å². The van der Waals surface area contributed by atoms with E-state index in [4.69, 9.17) is 5.73 Å². The minimum absolute atomic E-state index is 0. The minimum atomic E-state index is -3.70. The quantitative estimate of drug-likeness (QED) is 0.826. The van der Waals surface area contributed by atoms with E-state index in [2.05, 4.69) is 19.7 Å². The van der Waals surface area contributed by atoms with Crippen LogP contribution in [0, 0.1) is 0 Å². The summed E-state index contributed by atoms with van der Waals surface area (Å²) < 4.78 is 31.8. The van der Waals surface area contributed by atoms with Crippen LogP contribution in [0.1, 0.15) is 26.7 Å². The topological polar surface area (TPSA) is 111 Å². The highest BCUT2D eigenvalue weighted by Gasteiger charge is 2.26. The number of rotatable bonds is 6. The largest absolute Gasteiger partial charge is 0.324 e. The van der Waals surface area contributed by atoms with Gasteiger partial charge in [0.15, 0.2) is 5.52 Å². The maximum atomic E-state index is 12.3. The molecule has 9 heteroatoms. The summed E-state index contributed by atoms with van der Waals surface area (Å²) in [6, 6.07) is 4.69. The third-order valence-electron chi connectivity index (χ3n) is 3.56. The number of hydrogen-bond donors (Lipinski definition) is 2. The van der Waals surface area contributed by atoms with E-state index in [0.717, 1.165) is 0 Å². The first kappa shape index (κ1) is 17.8.